The fraction of sp³-hybridized carbons (Fsp3) is 0.444. The molecule has 1 heterocycles. The third-order valence-corrected chi connectivity index (χ3v) is 3.73. The first-order valence-corrected chi connectivity index (χ1v) is 7.50. The molecule has 0 fully saturated rings. The molecule has 16 heavy (non-hydrogen) atoms. The van der Waals surface area contributed by atoms with E-state index in [0.29, 0.717) is 0 Å². The summed E-state index contributed by atoms with van der Waals surface area (Å²) in [4.78, 5) is 10.8. The highest BCUT2D eigenvalue weighted by molar-refractivity contribution is 7.90. The standard InChI is InChI=1S/C9H13NO4S2/c1-16(13,14)6-7(9(11)12)5-10-8-3-2-4-15-8/h2-4,7,10H,5-6H2,1H3,(H,11,12). The van der Waals surface area contributed by atoms with E-state index in [1.54, 1.807) is 0 Å². The smallest absolute Gasteiger partial charge is 0.309 e. The molecule has 0 amide bonds. The van der Waals surface area contributed by atoms with Gasteiger partial charge in [-0.3, -0.25) is 4.79 Å². The Bertz CT molecular complexity index is 438. The zero-order valence-corrected chi connectivity index (χ0v) is 10.3. The van der Waals surface area contributed by atoms with E-state index in [1.807, 2.05) is 17.5 Å². The predicted octanol–water partition coefficient (Wildman–Crippen LogP) is 0.905. The van der Waals surface area contributed by atoms with Gasteiger partial charge in [0.15, 0.2) is 0 Å². The van der Waals surface area contributed by atoms with E-state index in [-0.39, 0.29) is 12.3 Å². The van der Waals surface area contributed by atoms with Gasteiger partial charge in [-0.25, -0.2) is 8.42 Å². The lowest BCUT2D eigenvalue weighted by Crippen LogP contribution is -2.29. The van der Waals surface area contributed by atoms with E-state index in [0.717, 1.165) is 11.3 Å². The van der Waals surface area contributed by atoms with Crippen LogP contribution in [0.25, 0.3) is 0 Å². The van der Waals surface area contributed by atoms with Crippen LogP contribution in [0.15, 0.2) is 17.5 Å². The number of aliphatic carboxylic acids is 1. The summed E-state index contributed by atoms with van der Waals surface area (Å²) in [6, 6.07) is 3.64. The summed E-state index contributed by atoms with van der Waals surface area (Å²) in [7, 11) is -3.28. The summed E-state index contributed by atoms with van der Waals surface area (Å²) in [5.41, 5.74) is 0. The van der Waals surface area contributed by atoms with E-state index >= 15 is 0 Å². The van der Waals surface area contributed by atoms with E-state index in [9.17, 15) is 13.2 Å². The van der Waals surface area contributed by atoms with Gasteiger partial charge in [-0.15, -0.1) is 11.3 Å². The molecule has 1 unspecified atom stereocenters. The van der Waals surface area contributed by atoms with Gasteiger partial charge < -0.3 is 10.4 Å². The third kappa shape index (κ3) is 4.63. The molecule has 90 valence electrons. The van der Waals surface area contributed by atoms with Crippen LogP contribution in [0.2, 0.25) is 0 Å². The van der Waals surface area contributed by atoms with Crippen molar-refractivity contribution < 1.29 is 18.3 Å². The SMILES string of the molecule is CS(=O)(=O)CC(CNc1cccs1)C(=O)O. The summed E-state index contributed by atoms with van der Waals surface area (Å²) in [5.74, 6) is -2.37. The Morgan fingerprint density at radius 2 is 2.31 bits per heavy atom. The average Bonchev–Trinajstić information content (AvgIpc) is 2.62. The number of anilines is 1. The first-order valence-electron chi connectivity index (χ1n) is 4.56. The number of hydrogen-bond donors (Lipinski definition) is 2. The molecule has 2 N–H and O–H groups in total. The average molecular weight is 263 g/mol. The molecule has 7 heteroatoms. The number of sulfone groups is 1. The second-order valence-corrected chi connectivity index (χ2v) is 6.62. The maximum absolute atomic E-state index is 11.0. The molecule has 0 aliphatic carbocycles. The summed E-state index contributed by atoms with van der Waals surface area (Å²) in [6.07, 6.45) is 1.04. The molecule has 0 spiro atoms. The van der Waals surface area contributed by atoms with E-state index in [4.69, 9.17) is 5.11 Å². The van der Waals surface area contributed by atoms with Crippen LogP contribution in [0.1, 0.15) is 0 Å². The summed E-state index contributed by atoms with van der Waals surface area (Å²) < 4.78 is 22.0. The van der Waals surface area contributed by atoms with Crippen LogP contribution in [-0.2, 0) is 14.6 Å². The maximum atomic E-state index is 11.0. The Morgan fingerprint density at radius 1 is 1.62 bits per heavy atom. The fourth-order valence-electron chi connectivity index (χ4n) is 1.19. The molecule has 1 aromatic heterocycles. The Kier molecular flexibility index (Phi) is 4.31. The first kappa shape index (κ1) is 13.0. The number of carbonyl (C=O) groups is 1. The largest absolute Gasteiger partial charge is 0.481 e. The Morgan fingerprint density at radius 3 is 2.75 bits per heavy atom. The van der Waals surface area contributed by atoms with Gasteiger partial charge >= 0.3 is 5.97 Å². The van der Waals surface area contributed by atoms with Crippen molar-refractivity contribution in [2.24, 2.45) is 5.92 Å². The molecule has 0 bridgehead atoms. The normalized spacial score (nSPS) is 13.3. The van der Waals surface area contributed by atoms with Gasteiger partial charge in [0, 0.05) is 12.8 Å². The number of rotatable bonds is 6. The van der Waals surface area contributed by atoms with Gasteiger partial charge in [-0.2, -0.15) is 0 Å². The Labute approximate surface area is 98.0 Å². The molecule has 0 aliphatic heterocycles. The van der Waals surface area contributed by atoms with Gasteiger partial charge in [0.05, 0.1) is 16.7 Å². The Hall–Kier alpha value is -1.08. The van der Waals surface area contributed by atoms with Crippen molar-refractivity contribution in [1.29, 1.82) is 0 Å². The van der Waals surface area contributed by atoms with Crippen LogP contribution in [0, 0.1) is 5.92 Å². The second-order valence-electron chi connectivity index (χ2n) is 3.49. The number of nitrogens with one attached hydrogen (secondary N) is 1. The van der Waals surface area contributed by atoms with E-state index in [2.05, 4.69) is 5.32 Å². The second kappa shape index (κ2) is 5.31. The summed E-state index contributed by atoms with van der Waals surface area (Å²) >= 11 is 1.44. The number of carboxylic acids is 1. The quantitative estimate of drug-likeness (QED) is 0.797. The van der Waals surface area contributed by atoms with Crippen molar-refractivity contribution in [3.05, 3.63) is 17.5 Å². The van der Waals surface area contributed by atoms with Crippen molar-refractivity contribution in [2.45, 2.75) is 0 Å². The lowest BCUT2D eigenvalue weighted by atomic mass is 10.2. The van der Waals surface area contributed by atoms with Crippen LogP contribution in [0.4, 0.5) is 5.00 Å². The minimum absolute atomic E-state index is 0.114. The van der Waals surface area contributed by atoms with Crippen molar-refractivity contribution in [2.75, 3.05) is 23.9 Å². The molecule has 1 atom stereocenters. The third-order valence-electron chi connectivity index (χ3n) is 1.90. The van der Waals surface area contributed by atoms with Gasteiger partial charge in [0.1, 0.15) is 9.84 Å². The highest BCUT2D eigenvalue weighted by Crippen LogP contribution is 2.15. The Balaban J connectivity index is 2.56. The molecule has 0 saturated heterocycles. The number of hydrogen-bond acceptors (Lipinski definition) is 5. The molecular weight excluding hydrogens is 250 g/mol. The van der Waals surface area contributed by atoms with Gasteiger partial charge in [0.2, 0.25) is 0 Å². The lowest BCUT2D eigenvalue weighted by Gasteiger charge is -2.11. The van der Waals surface area contributed by atoms with Gasteiger partial charge in [-0.05, 0) is 17.5 Å². The molecule has 5 nitrogen and oxygen atoms in total. The topological polar surface area (TPSA) is 83.5 Å². The highest BCUT2D eigenvalue weighted by atomic mass is 32.2. The van der Waals surface area contributed by atoms with Gasteiger partial charge in [-0.1, -0.05) is 0 Å². The number of thiophene rings is 1. The van der Waals surface area contributed by atoms with E-state index in [1.165, 1.54) is 11.3 Å². The summed E-state index contributed by atoms with van der Waals surface area (Å²) in [6.45, 7) is 0.114. The van der Waals surface area contributed by atoms with Gasteiger partial charge in [0.25, 0.3) is 0 Å². The zero-order chi connectivity index (χ0) is 12.2. The summed E-state index contributed by atoms with van der Waals surface area (Å²) in [5, 5.41) is 14.5. The highest BCUT2D eigenvalue weighted by Gasteiger charge is 2.22. The number of carboxylic acid groups (broad SMARTS) is 1. The molecule has 0 radical (unpaired) electrons. The van der Waals surface area contributed by atoms with Crippen LogP contribution >= 0.6 is 11.3 Å². The van der Waals surface area contributed by atoms with Crippen LogP contribution in [0.3, 0.4) is 0 Å². The van der Waals surface area contributed by atoms with Crippen molar-refractivity contribution in [3.63, 3.8) is 0 Å². The van der Waals surface area contributed by atoms with E-state index < -0.39 is 21.7 Å². The molecular formula is C9H13NO4S2. The molecule has 1 rings (SSSR count). The minimum atomic E-state index is -3.28. The molecule has 1 aromatic rings. The minimum Gasteiger partial charge on any atom is -0.481 e. The predicted molar refractivity (Wildman–Crippen MR) is 63.6 cm³/mol. The molecule has 0 aliphatic rings. The first-order chi connectivity index (χ1) is 7.38. The van der Waals surface area contributed by atoms with Crippen LogP contribution in [0.5, 0.6) is 0 Å². The maximum Gasteiger partial charge on any atom is 0.309 e. The fourth-order valence-corrected chi connectivity index (χ4v) is 2.80. The molecule has 0 aromatic carbocycles. The lowest BCUT2D eigenvalue weighted by molar-refractivity contribution is -0.140. The van der Waals surface area contributed by atoms with Crippen molar-refractivity contribution in [3.8, 4) is 0 Å². The van der Waals surface area contributed by atoms with Crippen LogP contribution < -0.4 is 5.32 Å². The monoisotopic (exact) mass is 263 g/mol. The molecule has 0 saturated carbocycles. The van der Waals surface area contributed by atoms with Crippen LogP contribution in [-0.4, -0.2) is 38.0 Å². The van der Waals surface area contributed by atoms with Crippen molar-refractivity contribution >= 4 is 32.1 Å². The zero-order valence-electron chi connectivity index (χ0n) is 8.71. The van der Waals surface area contributed by atoms with Crippen molar-refractivity contribution in [1.82, 2.24) is 0 Å².